The molecular formula is C14H20N2O2. The van der Waals surface area contributed by atoms with Crippen LogP contribution in [0.4, 0.5) is 10.5 Å². The van der Waals surface area contributed by atoms with Gasteiger partial charge in [-0.15, -0.1) is 0 Å². The second kappa shape index (κ2) is 5.87. The number of hydrogen-bond donors (Lipinski definition) is 1. The maximum atomic E-state index is 11.7. The van der Waals surface area contributed by atoms with Crippen LogP contribution in [0.2, 0.25) is 0 Å². The fraction of sp³-hybridized carbons (Fsp3) is 0.500. The van der Waals surface area contributed by atoms with Gasteiger partial charge in [-0.25, -0.2) is 4.79 Å². The zero-order valence-corrected chi connectivity index (χ0v) is 10.8. The molecule has 1 aromatic rings. The number of anilines is 1. The molecule has 1 atom stereocenters. The topological polar surface area (TPSA) is 55.6 Å². The number of carbonyl (C=O) groups is 1. The maximum Gasteiger partial charge on any atom is 0.414 e. The third-order valence-corrected chi connectivity index (χ3v) is 3.15. The van der Waals surface area contributed by atoms with Crippen molar-refractivity contribution >= 4 is 11.8 Å². The van der Waals surface area contributed by atoms with E-state index < -0.39 is 0 Å². The highest BCUT2D eigenvalue weighted by molar-refractivity contribution is 5.89. The Hall–Kier alpha value is -1.55. The van der Waals surface area contributed by atoms with Crippen molar-refractivity contribution in [3.8, 4) is 0 Å². The smallest absolute Gasteiger partial charge is 0.414 e. The summed E-state index contributed by atoms with van der Waals surface area (Å²) in [6.07, 6.45) is 2.58. The standard InChI is InChI=1S/C14H20N2O2/c1-2-3-11-4-6-12(7-5-11)16-10-13(8-9-15)18-14(16)17/h4-7,13H,2-3,8-10,15H2,1H3/t13-/m1/s1. The molecule has 4 nitrogen and oxygen atoms in total. The molecule has 1 fully saturated rings. The summed E-state index contributed by atoms with van der Waals surface area (Å²) < 4.78 is 5.25. The largest absolute Gasteiger partial charge is 0.444 e. The van der Waals surface area contributed by atoms with Crippen LogP contribution in [0.1, 0.15) is 25.3 Å². The molecule has 0 aliphatic carbocycles. The van der Waals surface area contributed by atoms with Gasteiger partial charge >= 0.3 is 6.09 Å². The summed E-state index contributed by atoms with van der Waals surface area (Å²) in [5, 5.41) is 0. The van der Waals surface area contributed by atoms with Crippen LogP contribution in [0.15, 0.2) is 24.3 Å². The minimum Gasteiger partial charge on any atom is -0.444 e. The van der Waals surface area contributed by atoms with Crippen LogP contribution >= 0.6 is 0 Å². The molecule has 0 spiro atoms. The van der Waals surface area contributed by atoms with E-state index in [-0.39, 0.29) is 12.2 Å². The molecule has 98 valence electrons. The third kappa shape index (κ3) is 2.82. The van der Waals surface area contributed by atoms with Crippen molar-refractivity contribution < 1.29 is 9.53 Å². The summed E-state index contributed by atoms with van der Waals surface area (Å²) in [6, 6.07) is 8.11. The number of carbonyl (C=O) groups excluding carboxylic acids is 1. The van der Waals surface area contributed by atoms with Gasteiger partial charge in [0.25, 0.3) is 0 Å². The van der Waals surface area contributed by atoms with Crippen molar-refractivity contribution in [3.05, 3.63) is 29.8 Å². The number of hydrogen-bond acceptors (Lipinski definition) is 3. The predicted molar refractivity (Wildman–Crippen MR) is 71.7 cm³/mol. The lowest BCUT2D eigenvalue weighted by atomic mass is 10.1. The van der Waals surface area contributed by atoms with Crippen molar-refractivity contribution in [2.75, 3.05) is 18.0 Å². The van der Waals surface area contributed by atoms with Crippen LogP contribution in [-0.4, -0.2) is 25.3 Å². The van der Waals surface area contributed by atoms with Crippen molar-refractivity contribution in [1.82, 2.24) is 0 Å². The number of nitrogens with two attached hydrogens (primary N) is 1. The van der Waals surface area contributed by atoms with Crippen molar-refractivity contribution in [2.24, 2.45) is 5.73 Å². The SMILES string of the molecule is CCCc1ccc(N2C[C@@H](CCN)OC2=O)cc1. The molecule has 1 amide bonds. The van der Waals surface area contributed by atoms with Crippen LogP contribution in [0.3, 0.4) is 0 Å². The zero-order chi connectivity index (χ0) is 13.0. The number of rotatable bonds is 5. The molecular weight excluding hydrogens is 228 g/mol. The number of benzene rings is 1. The van der Waals surface area contributed by atoms with Gasteiger partial charge in [-0.3, -0.25) is 4.90 Å². The van der Waals surface area contributed by atoms with Crippen LogP contribution in [0.5, 0.6) is 0 Å². The first-order valence-electron chi connectivity index (χ1n) is 6.51. The Labute approximate surface area is 108 Å². The van der Waals surface area contributed by atoms with Crippen LogP contribution in [0, 0.1) is 0 Å². The molecule has 2 N–H and O–H groups in total. The molecule has 0 radical (unpaired) electrons. The molecule has 1 aliphatic heterocycles. The van der Waals surface area contributed by atoms with Crippen molar-refractivity contribution in [1.29, 1.82) is 0 Å². The van der Waals surface area contributed by atoms with Gasteiger partial charge in [-0.2, -0.15) is 0 Å². The molecule has 4 heteroatoms. The summed E-state index contributed by atoms with van der Waals surface area (Å²) >= 11 is 0. The highest BCUT2D eigenvalue weighted by Crippen LogP contribution is 2.23. The van der Waals surface area contributed by atoms with Gasteiger partial charge in [0.15, 0.2) is 0 Å². The third-order valence-electron chi connectivity index (χ3n) is 3.15. The molecule has 1 heterocycles. The van der Waals surface area contributed by atoms with Crippen molar-refractivity contribution in [3.63, 3.8) is 0 Å². The molecule has 1 saturated heterocycles. The van der Waals surface area contributed by atoms with E-state index >= 15 is 0 Å². The second-order valence-corrected chi connectivity index (χ2v) is 4.61. The molecule has 18 heavy (non-hydrogen) atoms. The minimum absolute atomic E-state index is 0.0715. The van der Waals surface area contributed by atoms with E-state index in [1.54, 1.807) is 4.90 Å². The Morgan fingerprint density at radius 1 is 1.39 bits per heavy atom. The quantitative estimate of drug-likeness (QED) is 0.870. The normalized spacial score (nSPS) is 19.1. The molecule has 2 rings (SSSR count). The Kier molecular flexibility index (Phi) is 4.20. The predicted octanol–water partition coefficient (Wildman–Crippen LogP) is 2.31. The zero-order valence-electron chi connectivity index (χ0n) is 10.8. The van der Waals surface area contributed by atoms with Crippen LogP contribution in [0.25, 0.3) is 0 Å². The number of ether oxygens (including phenoxy) is 1. The van der Waals surface area contributed by atoms with E-state index in [1.807, 2.05) is 12.1 Å². The Morgan fingerprint density at radius 3 is 2.72 bits per heavy atom. The molecule has 0 saturated carbocycles. The van der Waals surface area contributed by atoms with Crippen LogP contribution < -0.4 is 10.6 Å². The minimum atomic E-state index is -0.267. The lowest BCUT2D eigenvalue weighted by Crippen LogP contribution is -2.25. The first-order chi connectivity index (χ1) is 8.74. The summed E-state index contributed by atoms with van der Waals surface area (Å²) in [5.41, 5.74) is 7.68. The summed E-state index contributed by atoms with van der Waals surface area (Å²) in [5.74, 6) is 0. The number of cyclic esters (lactones) is 1. The van der Waals surface area contributed by atoms with Gasteiger partial charge in [-0.05, 0) is 37.1 Å². The van der Waals surface area contributed by atoms with Gasteiger partial charge < -0.3 is 10.5 Å². The summed E-state index contributed by atoms with van der Waals surface area (Å²) in [4.78, 5) is 13.4. The molecule has 0 aromatic heterocycles. The van der Waals surface area contributed by atoms with Gasteiger partial charge in [0, 0.05) is 5.69 Å². The Balaban J connectivity index is 2.05. The van der Waals surface area contributed by atoms with E-state index in [9.17, 15) is 4.79 Å². The fourth-order valence-corrected chi connectivity index (χ4v) is 2.20. The highest BCUT2D eigenvalue weighted by Gasteiger charge is 2.31. The van der Waals surface area contributed by atoms with Gasteiger partial charge in [-0.1, -0.05) is 25.5 Å². The van der Waals surface area contributed by atoms with E-state index in [0.29, 0.717) is 13.1 Å². The molecule has 1 aliphatic rings. The highest BCUT2D eigenvalue weighted by atomic mass is 16.6. The lowest BCUT2D eigenvalue weighted by Gasteiger charge is -2.13. The van der Waals surface area contributed by atoms with Gasteiger partial charge in [0.1, 0.15) is 6.10 Å². The molecule has 0 unspecified atom stereocenters. The van der Waals surface area contributed by atoms with E-state index in [2.05, 4.69) is 19.1 Å². The number of nitrogens with zero attached hydrogens (tertiary/aromatic N) is 1. The fourth-order valence-electron chi connectivity index (χ4n) is 2.20. The first-order valence-corrected chi connectivity index (χ1v) is 6.51. The van der Waals surface area contributed by atoms with E-state index in [4.69, 9.17) is 10.5 Å². The Bertz CT molecular complexity index is 403. The number of aryl methyl sites for hydroxylation is 1. The monoisotopic (exact) mass is 248 g/mol. The van der Waals surface area contributed by atoms with Gasteiger partial charge in [0.2, 0.25) is 0 Å². The average molecular weight is 248 g/mol. The average Bonchev–Trinajstić information content (AvgIpc) is 2.72. The molecule has 0 bridgehead atoms. The maximum absolute atomic E-state index is 11.7. The van der Waals surface area contributed by atoms with Crippen molar-refractivity contribution in [2.45, 2.75) is 32.3 Å². The van der Waals surface area contributed by atoms with Gasteiger partial charge in [0.05, 0.1) is 6.54 Å². The Morgan fingerprint density at radius 2 is 2.11 bits per heavy atom. The lowest BCUT2D eigenvalue weighted by molar-refractivity contribution is 0.138. The summed E-state index contributed by atoms with van der Waals surface area (Å²) in [6.45, 7) is 3.30. The van der Waals surface area contributed by atoms with E-state index in [1.165, 1.54) is 5.56 Å². The first kappa shape index (κ1) is 12.9. The number of amides is 1. The van der Waals surface area contributed by atoms with E-state index in [0.717, 1.165) is 24.9 Å². The summed E-state index contributed by atoms with van der Waals surface area (Å²) in [7, 11) is 0. The molecule has 1 aromatic carbocycles. The second-order valence-electron chi connectivity index (χ2n) is 4.61. The van der Waals surface area contributed by atoms with Crippen LogP contribution in [-0.2, 0) is 11.2 Å².